The van der Waals surface area contributed by atoms with Crippen LogP contribution in [0.1, 0.15) is 0 Å². The van der Waals surface area contributed by atoms with Crippen molar-refractivity contribution in [3.63, 3.8) is 0 Å². The quantitative estimate of drug-likeness (QED) is 0.313. The molecule has 1 atom stereocenters. The Balaban J connectivity index is -0.00000000161. The molecule has 1 unspecified atom stereocenters. The third-order valence-electron chi connectivity index (χ3n) is 0. The predicted octanol–water partition coefficient (Wildman–Crippen LogP) is -9.43. The Morgan fingerprint density at radius 3 is 0.833 bits per heavy atom. The van der Waals surface area contributed by atoms with E-state index in [2.05, 4.69) is 0 Å². The van der Waals surface area contributed by atoms with E-state index in [0.717, 1.165) is 0 Å². The molecule has 0 amide bonds. The van der Waals surface area contributed by atoms with Gasteiger partial charge in [-0.2, -0.15) is 0 Å². The van der Waals surface area contributed by atoms with Gasteiger partial charge in [0.25, 0.3) is 0 Å². The fourth-order valence-corrected chi connectivity index (χ4v) is 0. The third-order valence-corrected chi connectivity index (χ3v) is 0. The molecule has 0 heterocycles. The summed E-state index contributed by atoms with van der Waals surface area (Å²) in [5.74, 6) is 0. The molecule has 0 rings (SSSR count). The average Bonchev–Trinajstić information content (AvgIpc) is 0.811. The van der Waals surface area contributed by atoms with E-state index in [1.165, 1.54) is 0 Å². The van der Waals surface area contributed by atoms with Crippen LogP contribution in [0, 0.1) is 0 Å². The number of rotatable bonds is 0. The van der Waals surface area contributed by atoms with Crippen LogP contribution in [0.4, 0.5) is 0 Å². The second-order valence-electron chi connectivity index (χ2n) is 0.217. The van der Waals surface area contributed by atoms with Crippen LogP contribution in [0.2, 0.25) is 0 Å². The van der Waals surface area contributed by atoms with Crippen molar-refractivity contribution in [1.82, 2.24) is 0 Å². The zero-order valence-corrected chi connectivity index (χ0v) is 8.99. The molecule has 0 aliphatic rings. The van der Waals surface area contributed by atoms with Crippen molar-refractivity contribution in [3.8, 4) is 0 Å². The van der Waals surface area contributed by atoms with Crippen LogP contribution in [-0.2, 0) is 11.4 Å². The molecule has 0 saturated carbocycles. The van der Waals surface area contributed by atoms with Crippen LogP contribution in [0.5, 0.6) is 0 Å². The maximum atomic E-state index is 8.56. The van der Waals surface area contributed by atoms with Crippen molar-refractivity contribution in [1.29, 1.82) is 0 Å². The average molecular weight is 230 g/mol. The van der Waals surface area contributed by atoms with E-state index >= 15 is 0 Å². The first-order chi connectivity index (χ1) is 1.73. The minimum Gasteiger partial charge on any atom is -0.750 e. The van der Waals surface area contributed by atoms with Crippen molar-refractivity contribution in [2.45, 2.75) is 0 Å². The van der Waals surface area contributed by atoms with Gasteiger partial charge in [0, 0.05) is 0 Å². The maximum absolute atomic E-state index is 8.56. The summed E-state index contributed by atoms with van der Waals surface area (Å²) in [5, 5.41) is 0. The molecule has 0 aromatic heterocycles. The Bertz CT molecular complexity index is 32.8. The summed E-state index contributed by atoms with van der Waals surface area (Å²) in [5.41, 5.74) is 0. The fraction of sp³-hybridized carbons (Fsp3) is 0. The van der Waals surface area contributed by atoms with Crippen LogP contribution < -0.4 is 29.6 Å². The van der Waals surface area contributed by atoms with Gasteiger partial charge in [-0.1, -0.05) is 0 Å². The van der Waals surface area contributed by atoms with Crippen molar-refractivity contribution < 1.29 is 81.2 Å². The summed E-state index contributed by atoms with van der Waals surface area (Å²) < 4.78 is 24.1. The minimum atomic E-state index is -2.86. The van der Waals surface area contributed by atoms with Crippen LogP contribution in [0.25, 0.3) is 0 Å². The SMILES string of the molecule is O.O.O.O.O.O.O.O=S([O-])O.[Na+]. The zero-order chi connectivity index (χ0) is 3.58. The minimum absolute atomic E-state index is 0. The Kier molecular flexibility index (Phi) is 986. The van der Waals surface area contributed by atoms with E-state index in [0.29, 0.717) is 0 Å². The molecule has 0 aliphatic carbocycles. The molecule has 0 aromatic rings. The Morgan fingerprint density at radius 1 is 0.833 bits per heavy atom. The van der Waals surface area contributed by atoms with Gasteiger partial charge in [0.15, 0.2) is 0 Å². The van der Waals surface area contributed by atoms with E-state index in [4.69, 9.17) is 13.3 Å². The molecule has 0 spiro atoms. The summed E-state index contributed by atoms with van der Waals surface area (Å²) in [6.07, 6.45) is 0. The van der Waals surface area contributed by atoms with Crippen molar-refractivity contribution in [2.24, 2.45) is 0 Å². The molecular weight excluding hydrogens is 215 g/mol. The first-order valence-corrected chi connectivity index (χ1v) is 1.55. The van der Waals surface area contributed by atoms with Crippen LogP contribution in [-0.4, -0.2) is 51.6 Å². The van der Waals surface area contributed by atoms with E-state index in [-0.39, 0.29) is 67.9 Å². The molecule has 82 valence electrons. The summed E-state index contributed by atoms with van der Waals surface area (Å²) in [4.78, 5) is 0. The van der Waals surface area contributed by atoms with Crippen LogP contribution >= 0.6 is 0 Å². The molecular formula is H15NaO10S. The Labute approximate surface area is 92.5 Å². The van der Waals surface area contributed by atoms with Crippen LogP contribution in [0.15, 0.2) is 0 Å². The van der Waals surface area contributed by atoms with Gasteiger partial charge in [-0.3, -0.25) is 0 Å². The summed E-state index contributed by atoms with van der Waals surface area (Å²) in [6.45, 7) is 0. The molecule has 0 saturated heterocycles. The van der Waals surface area contributed by atoms with Gasteiger partial charge < -0.3 is 47.4 Å². The molecule has 10 nitrogen and oxygen atoms in total. The Morgan fingerprint density at radius 2 is 0.833 bits per heavy atom. The molecule has 15 N–H and O–H groups in total. The smallest absolute Gasteiger partial charge is 0.750 e. The van der Waals surface area contributed by atoms with Gasteiger partial charge in [-0.15, -0.1) is 0 Å². The van der Waals surface area contributed by atoms with E-state index in [1.807, 2.05) is 0 Å². The van der Waals surface area contributed by atoms with Gasteiger partial charge in [0.1, 0.15) is 0 Å². The molecule has 12 heteroatoms. The van der Waals surface area contributed by atoms with Crippen LogP contribution in [0.3, 0.4) is 0 Å². The zero-order valence-electron chi connectivity index (χ0n) is 6.17. The van der Waals surface area contributed by atoms with Gasteiger partial charge in [0.05, 0.1) is 11.4 Å². The first-order valence-electron chi connectivity index (χ1n) is 0.516. The number of hydrogen-bond acceptors (Lipinski definition) is 2. The van der Waals surface area contributed by atoms with Crippen molar-refractivity contribution >= 4 is 11.4 Å². The van der Waals surface area contributed by atoms with Gasteiger partial charge in [-0.05, 0) is 0 Å². The third kappa shape index (κ3) is 1660. The normalized spacial score (nSPS) is 5.17. The Hall–Kier alpha value is 0.790. The second kappa shape index (κ2) is 95.6. The maximum Gasteiger partial charge on any atom is 1.00 e. The fourth-order valence-electron chi connectivity index (χ4n) is 0. The van der Waals surface area contributed by atoms with E-state index in [1.54, 1.807) is 0 Å². The number of hydrogen-bond donors (Lipinski definition) is 1. The molecule has 0 aromatic carbocycles. The monoisotopic (exact) mass is 230 g/mol. The first kappa shape index (κ1) is 124. The molecule has 0 aliphatic heterocycles. The molecule has 0 fully saturated rings. The molecule has 0 bridgehead atoms. The van der Waals surface area contributed by atoms with Crippen molar-refractivity contribution in [3.05, 3.63) is 0 Å². The predicted molar refractivity (Wildman–Crippen MR) is 36.8 cm³/mol. The van der Waals surface area contributed by atoms with Gasteiger partial charge in [-0.25, -0.2) is 4.21 Å². The summed E-state index contributed by atoms with van der Waals surface area (Å²) >= 11 is -2.86. The van der Waals surface area contributed by atoms with E-state index < -0.39 is 11.4 Å². The summed E-state index contributed by atoms with van der Waals surface area (Å²) in [6, 6.07) is 0. The van der Waals surface area contributed by atoms with E-state index in [9.17, 15) is 0 Å². The second-order valence-corrected chi connectivity index (χ2v) is 0.651. The standard InChI is InChI=1S/Na.H2O3S.7H2O/c;1-4(2)3;;;;;;;/h;(H2,1,2,3);7*1H2/q+1;;;;;;;;/p-1. The van der Waals surface area contributed by atoms with Gasteiger partial charge >= 0.3 is 29.6 Å². The van der Waals surface area contributed by atoms with Gasteiger partial charge in [0.2, 0.25) is 0 Å². The van der Waals surface area contributed by atoms with Crippen molar-refractivity contribution in [2.75, 3.05) is 0 Å². The molecule has 12 heavy (non-hydrogen) atoms. The molecule has 0 radical (unpaired) electrons. The largest absolute Gasteiger partial charge is 1.00 e. The summed E-state index contributed by atoms with van der Waals surface area (Å²) in [7, 11) is 0. The topological polar surface area (TPSA) is 281 Å².